The van der Waals surface area contributed by atoms with Crippen LogP contribution in [0.5, 0.6) is 11.5 Å². The molecule has 0 aliphatic carbocycles. The average Bonchev–Trinajstić information content (AvgIpc) is 3.22. The largest absolute Gasteiger partial charge is 0.454 e. The van der Waals surface area contributed by atoms with E-state index in [1.54, 1.807) is 29.2 Å². The monoisotopic (exact) mass is 412 g/mol. The molecule has 8 nitrogen and oxygen atoms in total. The highest BCUT2D eigenvalue weighted by atomic mass is 16.7. The summed E-state index contributed by atoms with van der Waals surface area (Å²) in [5.41, 5.74) is 2.28. The normalized spacial score (nSPS) is 11.7. The number of ether oxygens (including phenoxy) is 3. The standard InChI is InChI=1S/C22H24N2O6/c1-3-24(12-16-7-8-18-19(10-16)30-14-29-18)20(25)13-28-21(26)11-23-22(27)17-6-4-5-15(2)9-17/h4-10H,3,11-14H2,1-2H3,(H,23,27). The van der Waals surface area contributed by atoms with Gasteiger partial charge in [0.05, 0.1) is 0 Å². The van der Waals surface area contributed by atoms with Crippen molar-refractivity contribution in [2.45, 2.75) is 20.4 Å². The van der Waals surface area contributed by atoms with Gasteiger partial charge in [-0.25, -0.2) is 0 Å². The summed E-state index contributed by atoms with van der Waals surface area (Å²) < 4.78 is 15.6. The van der Waals surface area contributed by atoms with E-state index >= 15 is 0 Å². The molecule has 158 valence electrons. The molecule has 0 saturated heterocycles. The van der Waals surface area contributed by atoms with Crippen LogP contribution in [-0.4, -0.2) is 49.2 Å². The van der Waals surface area contributed by atoms with E-state index < -0.39 is 12.6 Å². The summed E-state index contributed by atoms with van der Waals surface area (Å²) in [6.07, 6.45) is 0. The van der Waals surface area contributed by atoms with Gasteiger partial charge in [-0.15, -0.1) is 0 Å². The molecule has 1 N–H and O–H groups in total. The summed E-state index contributed by atoms with van der Waals surface area (Å²) in [6, 6.07) is 12.5. The lowest BCUT2D eigenvalue weighted by molar-refractivity contribution is -0.151. The first-order valence-corrected chi connectivity index (χ1v) is 9.63. The smallest absolute Gasteiger partial charge is 0.325 e. The fourth-order valence-electron chi connectivity index (χ4n) is 2.96. The van der Waals surface area contributed by atoms with Crippen LogP contribution in [0.1, 0.15) is 28.4 Å². The van der Waals surface area contributed by atoms with Crippen molar-refractivity contribution in [1.82, 2.24) is 10.2 Å². The number of aryl methyl sites for hydroxylation is 1. The van der Waals surface area contributed by atoms with Gasteiger partial charge in [-0.1, -0.05) is 23.8 Å². The number of fused-ring (bicyclic) bond motifs is 1. The van der Waals surface area contributed by atoms with Gasteiger partial charge >= 0.3 is 5.97 Å². The number of benzene rings is 2. The molecule has 30 heavy (non-hydrogen) atoms. The Hall–Kier alpha value is -3.55. The van der Waals surface area contributed by atoms with Crippen LogP contribution in [-0.2, 0) is 20.9 Å². The second kappa shape index (κ2) is 9.78. The zero-order chi connectivity index (χ0) is 21.5. The number of hydrogen-bond donors (Lipinski definition) is 1. The van der Waals surface area contributed by atoms with Gasteiger partial charge in [-0.05, 0) is 43.7 Å². The number of carbonyl (C=O) groups is 3. The first kappa shape index (κ1) is 21.2. The minimum absolute atomic E-state index is 0.186. The molecule has 0 spiro atoms. The van der Waals surface area contributed by atoms with Gasteiger partial charge in [0.25, 0.3) is 11.8 Å². The second-order valence-corrected chi connectivity index (χ2v) is 6.81. The molecule has 0 atom stereocenters. The Morgan fingerprint density at radius 2 is 1.90 bits per heavy atom. The van der Waals surface area contributed by atoms with Crippen LogP contribution in [0, 0.1) is 6.92 Å². The van der Waals surface area contributed by atoms with Gasteiger partial charge in [0.2, 0.25) is 6.79 Å². The highest BCUT2D eigenvalue weighted by molar-refractivity contribution is 5.96. The molecule has 8 heteroatoms. The van der Waals surface area contributed by atoms with Crippen molar-refractivity contribution in [3.8, 4) is 11.5 Å². The van der Waals surface area contributed by atoms with Crippen molar-refractivity contribution < 1.29 is 28.6 Å². The van der Waals surface area contributed by atoms with E-state index in [2.05, 4.69) is 5.32 Å². The first-order chi connectivity index (χ1) is 14.5. The predicted octanol–water partition coefficient (Wildman–Crippen LogP) is 2.05. The quantitative estimate of drug-likeness (QED) is 0.667. The van der Waals surface area contributed by atoms with Gasteiger partial charge in [-0.2, -0.15) is 0 Å². The first-order valence-electron chi connectivity index (χ1n) is 9.63. The van der Waals surface area contributed by atoms with Crippen molar-refractivity contribution in [1.29, 1.82) is 0 Å². The number of amides is 2. The average molecular weight is 412 g/mol. The minimum atomic E-state index is -0.677. The molecule has 2 aromatic rings. The van der Waals surface area contributed by atoms with Crippen LogP contribution in [0.15, 0.2) is 42.5 Å². The highest BCUT2D eigenvalue weighted by Crippen LogP contribution is 2.32. The minimum Gasteiger partial charge on any atom is -0.454 e. The fourth-order valence-corrected chi connectivity index (χ4v) is 2.96. The highest BCUT2D eigenvalue weighted by Gasteiger charge is 2.18. The van der Waals surface area contributed by atoms with E-state index in [0.29, 0.717) is 30.2 Å². The Kier molecular flexibility index (Phi) is 6.90. The molecule has 0 fully saturated rings. The van der Waals surface area contributed by atoms with Crippen molar-refractivity contribution in [2.24, 2.45) is 0 Å². The summed E-state index contributed by atoms with van der Waals surface area (Å²) in [5.74, 6) is -0.0569. The Balaban J connectivity index is 1.45. The van der Waals surface area contributed by atoms with Gasteiger partial charge in [0, 0.05) is 18.7 Å². The van der Waals surface area contributed by atoms with Crippen LogP contribution in [0.2, 0.25) is 0 Å². The zero-order valence-electron chi connectivity index (χ0n) is 17.0. The van der Waals surface area contributed by atoms with Gasteiger partial charge in [0.15, 0.2) is 18.1 Å². The summed E-state index contributed by atoms with van der Waals surface area (Å²) in [4.78, 5) is 38.0. The van der Waals surface area contributed by atoms with Crippen LogP contribution in [0.4, 0.5) is 0 Å². The molecule has 2 amide bonds. The number of esters is 1. The molecule has 2 aromatic carbocycles. The SMILES string of the molecule is CCN(Cc1ccc2c(c1)OCO2)C(=O)COC(=O)CNC(=O)c1cccc(C)c1. The summed E-state index contributed by atoms with van der Waals surface area (Å²) in [5, 5.41) is 2.49. The summed E-state index contributed by atoms with van der Waals surface area (Å²) in [7, 11) is 0. The molecule has 3 rings (SSSR count). The molecule has 1 aliphatic rings. The molecular formula is C22H24N2O6. The third-order valence-electron chi connectivity index (χ3n) is 4.58. The topological polar surface area (TPSA) is 94.2 Å². The van der Waals surface area contributed by atoms with E-state index in [1.807, 2.05) is 32.0 Å². The molecular weight excluding hydrogens is 388 g/mol. The van der Waals surface area contributed by atoms with Crippen molar-refractivity contribution in [3.63, 3.8) is 0 Å². The molecule has 0 radical (unpaired) electrons. The summed E-state index contributed by atoms with van der Waals surface area (Å²) in [6.45, 7) is 4.01. The molecule has 1 aliphatic heterocycles. The van der Waals surface area contributed by atoms with Gasteiger partial charge in [0.1, 0.15) is 6.54 Å². The number of hydrogen-bond acceptors (Lipinski definition) is 6. The Morgan fingerprint density at radius 1 is 1.10 bits per heavy atom. The van der Waals surface area contributed by atoms with Crippen molar-refractivity contribution in [2.75, 3.05) is 26.5 Å². The number of nitrogens with zero attached hydrogens (tertiary/aromatic N) is 1. The van der Waals surface area contributed by atoms with Crippen LogP contribution in [0.3, 0.4) is 0 Å². The maximum Gasteiger partial charge on any atom is 0.325 e. The third kappa shape index (κ3) is 5.50. The number of rotatable bonds is 8. The van der Waals surface area contributed by atoms with Crippen LogP contribution >= 0.6 is 0 Å². The van der Waals surface area contributed by atoms with Gasteiger partial charge in [-0.3, -0.25) is 14.4 Å². The maximum atomic E-state index is 12.4. The second-order valence-electron chi connectivity index (χ2n) is 6.81. The molecule has 0 unspecified atom stereocenters. The summed E-state index contributed by atoms with van der Waals surface area (Å²) >= 11 is 0. The van der Waals surface area contributed by atoms with E-state index in [1.165, 1.54) is 0 Å². The molecule has 1 heterocycles. The van der Waals surface area contributed by atoms with Crippen molar-refractivity contribution >= 4 is 17.8 Å². The fraction of sp³-hybridized carbons (Fsp3) is 0.318. The van der Waals surface area contributed by atoms with Crippen LogP contribution in [0.25, 0.3) is 0 Å². The lowest BCUT2D eigenvalue weighted by Gasteiger charge is -2.21. The molecule has 0 bridgehead atoms. The van der Waals surface area contributed by atoms with Gasteiger partial charge < -0.3 is 24.4 Å². The Morgan fingerprint density at radius 3 is 2.67 bits per heavy atom. The van der Waals surface area contributed by atoms with E-state index in [9.17, 15) is 14.4 Å². The zero-order valence-corrected chi connectivity index (χ0v) is 17.0. The number of likely N-dealkylation sites (N-methyl/N-ethyl adjacent to an activating group) is 1. The lowest BCUT2D eigenvalue weighted by atomic mass is 10.1. The number of nitrogens with one attached hydrogen (secondary N) is 1. The van der Waals surface area contributed by atoms with E-state index in [-0.39, 0.29) is 25.2 Å². The van der Waals surface area contributed by atoms with Crippen molar-refractivity contribution in [3.05, 3.63) is 59.2 Å². The maximum absolute atomic E-state index is 12.4. The third-order valence-corrected chi connectivity index (χ3v) is 4.58. The Bertz CT molecular complexity index is 943. The molecule has 0 aromatic heterocycles. The number of carbonyl (C=O) groups excluding carboxylic acids is 3. The lowest BCUT2D eigenvalue weighted by Crippen LogP contribution is -2.36. The van der Waals surface area contributed by atoms with E-state index in [0.717, 1.165) is 11.1 Å². The molecule has 0 saturated carbocycles. The Labute approximate surface area is 174 Å². The van der Waals surface area contributed by atoms with E-state index in [4.69, 9.17) is 14.2 Å². The van der Waals surface area contributed by atoms with Crippen LogP contribution < -0.4 is 14.8 Å². The predicted molar refractivity (Wildman–Crippen MR) is 108 cm³/mol.